The molecule has 4 rings (SSSR count). The predicted octanol–water partition coefficient (Wildman–Crippen LogP) is 4.92. The van der Waals surface area contributed by atoms with E-state index in [1.54, 1.807) is 11.8 Å². The molecule has 0 bridgehead atoms. The van der Waals surface area contributed by atoms with E-state index >= 15 is 0 Å². The molecule has 1 N–H and O–H groups in total. The van der Waals surface area contributed by atoms with Gasteiger partial charge in [-0.25, -0.2) is 4.68 Å². The largest absolute Gasteiger partial charge is 0.310 e. The molecule has 26 heavy (non-hydrogen) atoms. The molecule has 0 saturated carbocycles. The molecule has 0 saturated heterocycles. The van der Waals surface area contributed by atoms with Gasteiger partial charge in [-0.2, -0.15) is 5.10 Å². The van der Waals surface area contributed by atoms with Crippen molar-refractivity contribution in [2.24, 2.45) is 0 Å². The second-order valence-corrected chi connectivity index (χ2v) is 7.87. The number of anilines is 1. The quantitative estimate of drug-likeness (QED) is 0.683. The third-order valence-electron chi connectivity index (χ3n) is 4.52. The van der Waals surface area contributed by atoms with Crippen molar-refractivity contribution in [2.45, 2.75) is 19.1 Å². The Labute approximate surface area is 161 Å². The van der Waals surface area contributed by atoms with Crippen LogP contribution in [-0.2, 0) is 4.79 Å². The van der Waals surface area contributed by atoms with Gasteiger partial charge in [-0.1, -0.05) is 41.9 Å². The zero-order valence-corrected chi connectivity index (χ0v) is 16.1. The number of fused-ring (bicyclic) bond motifs is 1. The summed E-state index contributed by atoms with van der Waals surface area (Å²) in [6.07, 6.45) is 0. The maximum absolute atomic E-state index is 12.4. The number of halogens is 1. The van der Waals surface area contributed by atoms with Crippen molar-refractivity contribution in [1.29, 1.82) is 0 Å². The molecule has 132 valence electrons. The van der Waals surface area contributed by atoms with Crippen molar-refractivity contribution in [1.82, 2.24) is 9.78 Å². The van der Waals surface area contributed by atoms with E-state index in [9.17, 15) is 4.79 Å². The Bertz CT molecular complexity index is 981. The zero-order valence-electron chi connectivity index (χ0n) is 14.5. The average molecular weight is 384 g/mol. The summed E-state index contributed by atoms with van der Waals surface area (Å²) in [7, 11) is 0. The van der Waals surface area contributed by atoms with Gasteiger partial charge in [0, 0.05) is 10.6 Å². The van der Waals surface area contributed by atoms with Crippen molar-refractivity contribution in [3.8, 4) is 5.69 Å². The van der Waals surface area contributed by atoms with Crippen molar-refractivity contribution in [3.05, 3.63) is 75.9 Å². The minimum atomic E-state index is -0.0116. The van der Waals surface area contributed by atoms with Crippen LogP contribution >= 0.6 is 23.4 Å². The van der Waals surface area contributed by atoms with Crippen LogP contribution in [0.15, 0.2) is 48.5 Å². The summed E-state index contributed by atoms with van der Waals surface area (Å²) in [6, 6.07) is 15.9. The molecule has 1 aliphatic rings. The summed E-state index contributed by atoms with van der Waals surface area (Å²) in [6.45, 7) is 4.04. The lowest BCUT2D eigenvalue weighted by Gasteiger charge is -2.15. The number of nitrogens with zero attached hydrogens (tertiary/aromatic N) is 2. The number of aryl methyl sites for hydroxylation is 2. The highest BCUT2D eigenvalue weighted by Crippen LogP contribution is 2.44. The van der Waals surface area contributed by atoms with Crippen LogP contribution in [0, 0.1) is 13.8 Å². The van der Waals surface area contributed by atoms with E-state index in [0.717, 1.165) is 33.9 Å². The first-order valence-corrected chi connectivity index (χ1v) is 9.79. The Balaban J connectivity index is 1.91. The zero-order chi connectivity index (χ0) is 18.3. The second kappa shape index (κ2) is 6.82. The van der Waals surface area contributed by atoms with Crippen LogP contribution in [0.3, 0.4) is 0 Å². The minimum Gasteiger partial charge on any atom is -0.310 e. The summed E-state index contributed by atoms with van der Waals surface area (Å²) in [4.78, 5) is 12.4. The fourth-order valence-corrected chi connectivity index (χ4v) is 4.57. The maximum Gasteiger partial charge on any atom is 0.235 e. The predicted molar refractivity (Wildman–Crippen MR) is 107 cm³/mol. The Morgan fingerprint density at radius 1 is 1.15 bits per heavy atom. The molecule has 2 heterocycles. The van der Waals surface area contributed by atoms with Gasteiger partial charge in [-0.15, -0.1) is 11.8 Å². The first kappa shape index (κ1) is 17.2. The van der Waals surface area contributed by atoms with Gasteiger partial charge in [0.1, 0.15) is 5.82 Å². The summed E-state index contributed by atoms with van der Waals surface area (Å²) < 4.78 is 1.85. The van der Waals surface area contributed by atoms with E-state index in [2.05, 4.69) is 5.32 Å². The van der Waals surface area contributed by atoms with Crippen molar-refractivity contribution in [2.75, 3.05) is 11.1 Å². The molecule has 3 aromatic rings. The summed E-state index contributed by atoms with van der Waals surface area (Å²) in [5.74, 6) is 1.14. The molecule has 1 amide bonds. The Morgan fingerprint density at radius 3 is 2.62 bits per heavy atom. The number of aromatic nitrogens is 2. The molecule has 0 unspecified atom stereocenters. The highest BCUT2D eigenvalue weighted by molar-refractivity contribution is 8.00. The highest BCUT2D eigenvalue weighted by Gasteiger charge is 2.30. The molecular weight excluding hydrogens is 366 g/mol. The fourth-order valence-electron chi connectivity index (χ4n) is 3.26. The van der Waals surface area contributed by atoms with Gasteiger partial charge in [0.25, 0.3) is 0 Å². The standard InChI is InChI=1S/C20H18ClN3OS/c1-12-5-3-4-6-16(12)24-20-18(13(2)23-24)19(26-11-17(25)22-20)14-7-9-15(21)10-8-14/h3-10,19H,11H2,1-2H3,(H,22,25)/t19-/m0/s1. The maximum atomic E-state index is 12.4. The smallest absolute Gasteiger partial charge is 0.235 e. The molecule has 1 atom stereocenters. The first-order valence-electron chi connectivity index (χ1n) is 8.37. The third-order valence-corrected chi connectivity index (χ3v) is 6.05. The number of nitrogens with one attached hydrogen (secondary N) is 1. The van der Waals surface area contributed by atoms with E-state index in [1.165, 1.54) is 0 Å². The number of carbonyl (C=O) groups is 1. The topological polar surface area (TPSA) is 46.9 Å². The molecular formula is C20H18ClN3OS. The van der Waals surface area contributed by atoms with Crippen LogP contribution in [0.2, 0.25) is 5.02 Å². The van der Waals surface area contributed by atoms with Gasteiger partial charge >= 0.3 is 0 Å². The molecule has 0 aliphatic carbocycles. The number of hydrogen-bond donors (Lipinski definition) is 1. The number of carbonyl (C=O) groups excluding carboxylic acids is 1. The van der Waals surface area contributed by atoms with Crippen LogP contribution in [0.5, 0.6) is 0 Å². The summed E-state index contributed by atoms with van der Waals surface area (Å²) in [5, 5.41) is 8.55. The normalized spacial score (nSPS) is 16.7. The Morgan fingerprint density at radius 2 is 1.88 bits per heavy atom. The van der Waals surface area contributed by atoms with Crippen LogP contribution in [0.25, 0.3) is 5.69 Å². The van der Waals surface area contributed by atoms with E-state index in [1.807, 2.05) is 67.1 Å². The third kappa shape index (κ3) is 3.02. The van der Waals surface area contributed by atoms with Crippen LogP contribution < -0.4 is 5.32 Å². The average Bonchev–Trinajstić information content (AvgIpc) is 2.82. The second-order valence-electron chi connectivity index (χ2n) is 6.34. The number of para-hydroxylation sites is 1. The summed E-state index contributed by atoms with van der Waals surface area (Å²) in [5.41, 5.74) is 5.15. The van der Waals surface area contributed by atoms with E-state index in [-0.39, 0.29) is 11.2 Å². The van der Waals surface area contributed by atoms with Crippen molar-refractivity contribution in [3.63, 3.8) is 0 Å². The van der Waals surface area contributed by atoms with E-state index < -0.39 is 0 Å². The first-order chi connectivity index (χ1) is 12.5. The van der Waals surface area contributed by atoms with Crippen LogP contribution in [0.4, 0.5) is 5.82 Å². The number of thioether (sulfide) groups is 1. The molecule has 0 radical (unpaired) electrons. The van der Waals surface area contributed by atoms with Gasteiger partial charge in [-0.05, 0) is 43.2 Å². The highest BCUT2D eigenvalue weighted by atomic mass is 35.5. The van der Waals surface area contributed by atoms with E-state index in [4.69, 9.17) is 16.7 Å². The van der Waals surface area contributed by atoms with Gasteiger partial charge in [0.15, 0.2) is 0 Å². The van der Waals surface area contributed by atoms with Gasteiger partial charge in [-0.3, -0.25) is 4.79 Å². The number of rotatable bonds is 2. The van der Waals surface area contributed by atoms with Crippen LogP contribution in [0.1, 0.15) is 27.6 Å². The monoisotopic (exact) mass is 383 g/mol. The Hall–Kier alpha value is -2.24. The number of amides is 1. The molecule has 0 spiro atoms. The lowest BCUT2D eigenvalue weighted by molar-refractivity contribution is -0.113. The van der Waals surface area contributed by atoms with Gasteiger partial charge in [0.2, 0.25) is 5.91 Å². The molecule has 6 heteroatoms. The van der Waals surface area contributed by atoms with E-state index in [0.29, 0.717) is 10.8 Å². The Kier molecular flexibility index (Phi) is 4.51. The summed E-state index contributed by atoms with van der Waals surface area (Å²) >= 11 is 7.66. The molecule has 2 aromatic carbocycles. The van der Waals surface area contributed by atoms with Gasteiger partial charge < -0.3 is 5.32 Å². The SMILES string of the molecule is Cc1ccccc1-n1nc(C)c2c1NC(=O)CS[C@H]2c1ccc(Cl)cc1. The lowest BCUT2D eigenvalue weighted by Crippen LogP contribution is -2.16. The molecule has 4 nitrogen and oxygen atoms in total. The molecule has 1 aliphatic heterocycles. The molecule has 0 fully saturated rings. The van der Waals surface area contributed by atoms with Crippen molar-refractivity contribution >= 4 is 35.1 Å². The van der Waals surface area contributed by atoms with Crippen molar-refractivity contribution < 1.29 is 4.79 Å². The lowest BCUT2D eigenvalue weighted by atomic mass is 10.0. The number of hydrogen-bond acceptors (Lipinski definition) is 3. The minimum absolute atomic E-state index is 0.0116. The fraction of sp³-hybridized carbons (Fsp3) is 0.200. The van der Waals surface area contributed by atoms with Crippen LogP contribution in [-0.4, -0.2) is 21.4 Å². The van der Waals surface area contributed by atoms with Gasteiger partial charge in [0.05, 0.1) is 22.4 Å². The number of benzene rings is 2. The molecule has 1 aromatic heterocycles.